The first-order chi connectivity index (χ1) is 13.5. The smallest absolute Gasteiger partial charge is 0.253 e. The van der Waals surface area contributed by atoms with E-state index in [2.05, 4.69) is 10.6 Å². The molecule has 1 aliphatic heterocycles. The molecule has 0 spiro atoms. The number of anilines is 2. The van der Waals surface area contributed by atoms with E-state index in [4.69, 9.17) is 11.6 Å². The van der Waals surface area contributed by atoms with E-state index in [0.29, 0.717) is 42.2 Å². The van der Waals surface area contributed by atoms with E-state index in [1.165, 1.54) is 0 Å². The number of amides is 3. The van der Waals surface area contributed by atoms with Crippen molar-refractivity contribution >= 4 is 40.7 Å². The van der Waals surface area contributed by atoms with Crippen molar-refractivity contribution in [2.24, 2.45) is 5.92 Å². The van der Waals surface area contributed by atoms with Gasteiger partial charge >= 0.3 is 0 Å². The van der Waals surface area contributed by atoms with Crippen LogP contribution in [-0.2, 0) is 9.59 Å². The van der Waals surface area contributed by atoms with Gasteiger partial charge in [0.15, 0.2) is 0 Å². The molecule has 0 radical (unpaired) electrons. The molecule has 28 heavy (non-hydrogen) atoms. The molecule has 1 atom stereocenters. The highest BCUT2D eigenvalue weighted by molar-refractivity contribution is 6.31. The van der Waals surface area contributed by atoms with Gasteiger partial charge < -0.3 is 15.5 Å². The van der Waals surface area contributed by atoms with Gasteiger partial charge in [0, 0.05) is 42.6 Å². The van der Waals surface area contributed by atoms with Crippen LogP contribution in [-0.4, -0.2) is 30.8 Å². The standard InChI is InChI=1S/C21H22ClN3O3/c1-2-19(26)24-18-11-15(22)8-9-17(18)21(28)23-12-14-10-20(27)25(13-14)16-6-4-3-5-7-16/h3-9,11,14H,2,10,12-13H2,1H3,(H,23,28)(H,24,26). The summed E-state index contributed by atoms with van der Waals surface area (Å²) in [5, 5.41) is 6.00. The summed E-state index contributed by atoms with van der Waals surface area (Å²) in [4.78, 5) is 38.4. The van der Waals surface area contributed by atoms with Crippen LogP contribution in [0, 0.1) is 5.92 Å². The monoisotopic (exact) mass is 399 g/mol. The Bertz CT molecular complexity index is 886. The third kappa shape index (κ3) is 4.70. The zero-order valence-corrected chi connectivity index (χ0v) is 16.3. The summed E-state index contributed by atoms with van der Waals surface area (Å²) in [5.41, 5.74) is 1.59. The van der Waals surface area contributed by atoms with Crippen molar-refractivity contribution < 1.29 is 14.4 Å². The fraction of sp³-hybridized carbons (Fsp3) is 0.286. The van der Waals surface area contributed by atoms with E-state index in [0.717, 1.165) is 5.69 Å². The maximum atomic E-state index is 12.6. The Labute approximate surface area is 168 Å². The van der Waals surface area contributed by atoms with E-state index < -0.39 is 0 Å². The molecule has 0 aromatic heterocycles. The molecule has 0 saturated carbocycles. The second-order valence-electron chi connectivity index (χ2n) is 6.71. The highest BCUT2D eigenvalue weighted by Crippen LogP contribution is 2.25. The second-order valence-corrected chi connectivity index (χ2v) is 7.15. The minimum atomic E-state index is -0.311. The SMILES string of the molecule is CCC(=O)Nc1cc(Cl)ccc1C(=O)NCC1CC(=O)N(c2ccccc2)C1. The van der Waals surface area contributed by atoms with E-state index in [1.807, 2.05) is 30.3 Å². The molecule has 0 bridgehead atoms. The summed E-state index contributed by atoms with van der Waals surface area (Å²) < 4.78 is 0. The fourth-order valence-corrected chi connectivity index (χ4v) is 3.34. The lowest BCUT2D eigenvalue weighted by Gasteiger charge is -2.17. The van der Waals surface area contributed by atoms with E-state index in [1.54, 1.807) is 30.0 Å². The molecule has 6 nitrogen and oxygen atoms in total. The molecule has 3 amide bonds. The Hall–Kier alpha value is -2.86. The predicted octanol–water partition coefficient (Wildman–Crippen LogP) is 3.47. The van der Waals surface area contributed by atoms with Gasteiger partial charge in [-0.25, -0.2) is 0 Å². The molecule has 2 N–H and O–H groups in total. The fourth-order valence-electron chi connectivity index (χ4n) is 3.16. The van der Waals surface area contributed by atoms with Gasteiger partial charge in [0.25, 0.3) is 5.91 Å². The molecule has 2 aromatic rings. The van der Waals surface area contributed by atoms with Crippen LogP contribution in [0.25, 0.3) is 0 Å². The number of nitrogens with zero attached hydrogens (tertiary/aromatic N) is 1. The van der Waals surface area contributed by atoms with Crippen molar-refractivity contribution in [1.82, 2.24) is 5.32 Å². The summed E-state index contributed by atoms with van der Waals surface area (Å²) in [5.74, 6) is -0.435. The van der Waals surface area contributed by atoms with Crippen LogP contribution >= 0.6 is 11.6 Å². The van der Waals surface area contributed by atoms with Crippen LogP contribution in [0.5, 0.6) is 0 Å². The Kier molecular flexibility index (Phi) is 6.31. The molecule has 0 aliphatic carbocycles. The molecule has 2 aromatic carbocycles. The lowest BCUT2D eigenvalue weighted by Crippen LogP contribution is -2.31. The van der Waals surface area contributed by atoms with Crippen molar-refractivity contribution in [2.45, 2.75) is 19.8 Å². The largest absolute Gasteiger partial charge is 0.352 e. The van der Waals surface area contributed by atoms with Crippen LogP contribution < -0.4 is 15.5 Å². The lowest BCUT2D eigenvalue weighted by molar-refractivity contribution is -0.117. The summed E-state index contributed by atoms with van der Waals surface area (Å²) in [6.45, 7) is 2.66. The van der Waals surface area contributed by atoms with E-state index in [-0.39, 0.29) is 23.6 Å². The number of para-hydroxylation sites is 1. The van der Waals surface area contributed by atoms with Crippen molar-refractivity contribution in [3.05, 3.63) is 59.1 Å². The highest BCUT2D eigenvalue weighted by Gasteiger charge is 2.30. The Balaban J connectivity index is 1.63. The van der Waals surface area contributed by atoms with Crippen LogP contribution in [0.3, 0.4) is 0 Å². The molecule has 1 unspecified atom stereocenters. The van der Waals surface area contributed by atoms with Crippen molar-refractivity contribution in [3.8, 4) is 0 Å². The number of carbonyl (C=O) groups excluding carboxylic acids is 3. The Morgan fingerprint density at radius 1 is 1.18 bits per heavy atom. The zero-order valence-electron chi connectivity index (χ0n) is 15.6. The minimum Gasteiger partial charge on any atom is -0.352 e. The van der Waals surface area contributed by atoms with E-state index >= 15 is 0 Å². The summed E-state index contributed by atoms with van der Waals surface area (Å²) in [7, 11) is 0. The Morgan fingerprint density at radius 3 is 2.64 bits per heavy atom. The second kappa shape index (κ2) is 8.89. The molecule has 1 aliphatic rings. The molecule has 7 heteroatoms. The number of halogens is 1. The predicted molar refractivity (Wildman–Crippen MR) is 110 cm³/mol. The van der Waals surface area contributed by atoms with Gasteiger partial charge in [0.1, 0.15) is 0 Å². The number of rotatable bonds is 6. The third-order valence-electron chi connectivity index (χ3n) is 4.65. The number of benzene rings is 2. The first kappa shape index (κ1) is 19.9. The summed E-state index contributed by atoms with van der Waals surface area (Å²) in [6.07, 6.45) is 0.683. The first-order valence-electron chi connectivity index (χ1n) is 9.21. The number of hydrogen-bond donors (Lipinski definition) is 2. The molecular formula is C21H22ClN3O3. The topological polar surface area (TPSA) is 78.5 Å². The lowest BCUT2D eigenvalue weighted by atomic mass is 10.1. The minimum absolute atomic E-state index is 0.0256. The maximum Gasteiger partial charge on any atom is 0.253 e. The molecule has 146 valence electrons. The van der Waals surface area contributed by atoms with Crippen LogP contribution in [0.15, 0.2) is 48.5 Å². The zero-order chi connectivity index (χ0) is 20.1. The first-order valence-corrected chi connectivity index (χ1v) is 9.58. The van der Waals surface area contributed by atoms with Crippen molar-refractivity contribution in [2.75, 3.05) is 23.3 Å². The van der Waals surface area contributed by atoms with Crippen LogP contribution in [0.1, 0.15) is 30.1 Å². The van der Waals surface area contributed by atoms with Gasteiger partial charge in [-0.05, 0) is 30.3 Å². The molecular weight excluding hydrogens is 378 g/mol. The van der Waals surface area contributed by atoms with Crippen molar-refractivity contribution in [3.63, 3.8) is 0 Å². The van der Waals surface area contributed by atoms with Gasteiger partial charge in [-0.2, -0.15) is 0 Å². The number of hydrogen-bond acceptors (Lipinski definition) is 3. The van der Waals surface area contributed by atoms with Gasteiger partial charge in [0.2, 0.25) is 11.8 Å². The number of carbonyl (C=O) groups is 3. The summed E-state index contributed by atoms with van der Waals surface area (Å²) >= 11 is 5.99. The molecule has 1 fully saturated rings. The Morgan fingerprint density at radius 2 is 1.93 bits per heavy atom. The van der Waals surface area contributed by atoms with E-state index in [9.17, 15) is 14.4 Å². The highest BCUT2D eigenvalue weighted by atomic mass is 35.5. The molecule has 3 rings (SSSR count). The molecule has 1 saturated heterocycles. The average molecular weight is 400 g/mol. The number of nitrogens with one attached hydrogen (secondary N) is 2. The van der Waals surface area contributed by atoms with Crippen molar-refractivity contribution in [1.29, 1.82) is 0 Å². The van der Waals surface area contributed by atoms with Crippen LogP contribution in [0.2, 0.25) is 5.02 Å². The van der Waals surface area contributed by atoms with Gasteiger partial charge in [0.05, 0.1) is 11.3 Å². The normalized spacial score (nSPS) is 16.1. The maximum absolute atomic E-state index is 12.6. The van der Waals surface area contributed by atoms with Gasteiger partial charge in [-0.3, -0.25) is 14.4 Å². The molecule has 1 heterocycles. The quantitative estimate of drug-likeness (QED) is 0.780. The summed E-state index contributed by atoms with van der Waals surface area (Å²) in [6, 6.07) is 14.2. The third-order valence-corrected chi connectivity index (χ3v) is 4.88. The van der Waals surface area contributed by atoms with Gasteiger partial charge in [-0.15, -0.1) is 0 Å². The average Bonchev–Trinajstić information content (AvgIpc) is 3.07. The van der Waals surface area contributed by atoms with Crippen LogP contribution in [0.4, 0.5) is 11.4 Å². The van der Waals surface area contributed by atoms with Gasteiger partial charge in [-0.1, -0.05) is 36.7 Å².